The van der Waals surface area contributed by atoms with Gasteiger partial charge in [0.05, 0.1) is 13.0 Å². The van der Waals surface area contributed by atoms with Crippen LogP contribution in [0.1, 0.15) is 16.7 Å². The Morgan fingerprint density at radius 1 is 1.00 bits per heavy atom. The van der Waals surface area contributed by atoms with Gasteiger partial charge in [-0.25, -0.2) is 18.0 Å². The normalized spacial score (nSPS) is 12.9. The number of rotatable bonds is 7. The maximum atomic E-state index is 14.7. The molecule has 0 fully saturated rings. The number of carbonyl (C=O) groups excluding carboxylic acids is 1. The number of nitrogens with zero attached hydrogens (tertiary/aromatic N) is 1. The molecule has 3 aromatic carbocycles. The van der Waals surface area contributed by atoms with E-state index in [9.17, 15) is 27.9 Å². The number of ether oxygens (including phenoxy) is 2. The van der Waals surface area contributed by atoms with Crippen molar-refractivity contribution in [2.75, 3.05) is 13.2 Å². The van der Waals surface area contributed by atoms with Gasteiger partial charge in [0.1, 0.15) is 23.9 Å². The number of alkyl halides is 2. The van der Waals surface area contributed by atoms with Crippen molar-refractivity contribution in [2.24, 2.45) is 0 Å². The molecule has 0 saturated heterocycles. The summed E-state index contributed by atoms with van der Waals surface area (Å²) < 4.78 is 51.1. The first-order chi connectivity index (χ1) is 16.8. The molecule has 0 spiro atoms. The number of aliphatic carboxylic acids is 1. The van der Waals surface area contributed by atoms with Gasteiger partial charge in [0, 0.05) is 12.1 Å². The van der Waals surface area contributed by atoms with E-state index in [4.69, 9.17) is 9.47 Å². The van der Waals surface area contributed by atoms with Crippen molar-refractivity contribution < 1.29 is 37.3 Å². The maximum Gasteiger partial charge on any atom is 0.415 e. The zero-order chi connectivity index (χ0) is 24.9. The number of carboxylic acid groups (broad SMARTS) is 1. The fourth-order valence-corrected chi connectivity index (χ4v) is 4.04. The predicted molar refractivity (Wildman–Crippen MR) is 121 cm³/mol. The van der Waals surface area contributed by atoms with Crippen LogP contribution in [0.3, 0.4) is 0 Å². The molecule has 0 atom stereocenters. The molecule has 0 aliphatic carbocycles. The number of hydrogen-bond acceptors (Lipinski definition) is 4. The quantitative estimate of drug-likeness (QED) is 0.490. The highest BCUT2D eigenvalue weighted by Gasteiger charge is 2.28. The minimum absolute atomic E-state index is 0.0194. The van der Waals surface area contributed by atoms with E-state index in [0.29, 0.717) is 33.6 Å². The van der Waals surface area contributed by atoms with Crippen LogP contribution in [0.5, 0.6) is 11.5 Å². The van der Waals surface area contributed by atoms with Crippen LogP contribution in [0.15, 0.2) is 60.7 Å². The van der Waals surface area contributed by atoms with Crippen LogP contribution in [0.25, 0.3) is 11.1 Å². The van der Waals surface area contributed by atoms with Crippen molar-refractivity contribution >= 4 is 12.1 Å². The van der Waals surface area contributed by atoms with Crippen molar-refractivity contribution in [3.05, 3.63) is 83.2 Å². The molecule has 1 heterocycles. The van der Waals surface area contributed by atoms with Gasteiger partial charge in [0.2, 0.25) is 0 Å². The van der Waals surface area contributed by atoms with Crippen LogP contribution in [-0.2, 0) is 24.2 Å². The Morgan fingerprint density at radius 3 is 2.49 bits per heavy atom. The van der Waals surface area contributed by atoms with Gasteiger partial charge in [-0.15, -0.1) is 0 Å². The average Bonchev–Trinajstić information content (AvgIpc) is 2.83. The summed E-state index contributed by atoms with van der Waals surface area (Å²) in [7, 11) is 0. The highest BCUT2D eigenvalue weighted by Crippen LogP contribution is 2.38. The van der Waals surface area contributed by atoms with Crippen molar-refractivity contribution in [1.29, 1.82) is 0 Å². The summed E-state index contributed by atoms with van der Waals surface area (Å²) in [5.74, 6) is -1.03. The lowest BCUT2D eigenvalue weighted by molar-refractivity contribution is -0.136. The molecule has 1 aliphatic rings. The van der Waals surface area contributed by atoms with Crippen molar-refractivity contribution in [3.8, 4) is 22.6 Å². The summed E-state index contributed by atoms with van der Waals surface area (Å²) in [6, 6.07) is 15.7. The van der Waals surface area contributed by atoms with Gasteiger partial charge in [-0.2, -0.15) is 0 Å². The van der Waals surface area contributed by atoms with Crippen LogP contribution in [0.2, 0.25) is 0 Å². The number of amides is 1. The van der Waals surface area contributed by atoms with Gasteiger partial charge in [-0.3, -0.25) is 4.79 Å². The number of halogens is 3. The number of fused-ring (bicyclic) bond motifs is 1. The Bertz CT molecular complexity index is 1230. The van der Waals surface area contributed by atoms with Crippen LogP contribution >= 0.6 is 0 Å². The summed E-state index contributed by atoms with van der Waals surface area (Å²) in [4.78, 5) is 25.4. The first-order valence-electron chi connectivity index (χ1n) is 10.9. The van der Waals surface area contributed by atoms with Crippen LogP contribution < -0.4 is 9.47 Å². The zero-order valence-electron chi connectivity index (χ0n) is 18.5. The summed E-state index contributed by atoms with van der Waals surface area (Å²) >= 11 is 0. The molecule has 0 saturated carbocycles. The molecule has 6 nitrogen and oxygen atoms in total. The topological polar surface area (TPSA) is 76.1 Å². The third-order valence-electron chi connectivity index (χ3n) is 5.62. The standard InChI is InChI=1S/C26H22F3NO5/c27-22-8-7-18(20-12-16(13-25(31)32)6-9-23(20)34-15-24(28)29)21-14-30(11-10-19(21)22)26(33)35-17-4-2-1-3-5-17/h1-9,12,24H,10-11,13-15H2,(H,31,32). The van der Waals surface area contributed by atoms with Crippen molar-refractivity contribution in [1.82, 2.24) is 4.90 Å². The van der Waals surface area contributed by atoms with E-state index in [2.05, 4.69) is 0 Å². The molecule has 0 aromatic heterocycles. The SMILES string of the molecule is O=C(O)Cc1ccc(OCC(F)F)c(-c2ccc(F)c3c2CN(C(=O)Oc2ccccc2)CC3)c1. The lowest BCUT2D eigenvalue weighted by Crippen LogP contribution is -2.38. The molecule has 0 unspecified atom stereocenters. The second-order valence-electron chi connectivity index (χ2n) is 8.01. The molecule has 0 bridgehead atoms. The monoisotopic (exact) mass is 485 g/mol. The van der Waals surface area contributed by atoms with Gasteiger partial charge >= 0.3 is 12.1 Å². The highest BCUT2D eigenvalue weighted by atomic mass is 19.3. The van der Waals surface area contributed by atoms with Gasteiger partial charge in [0.25, 0.3) is 6.43 Å². The molecule has 35 heavy (non-hydrogen) atoms. The van der Waals surface area contributed by atoms with E-state index in [-0.39, 0.29) is 31.7 Å². The van der Waals surface area contributed by atoms with Gasteiger partial charge in [-0.05, 0) is 59.0 Å². The van der Waals surface area contributed by atoms with Crippen molar-refractivity contribution in [3.63, 3.8) is 0 Å². The maximum absolute atomic E-state index is 14.7. The molecule has 0 radical (unpaired) electrons. The minimum atomic E-state index is -2.72. The summed E-state index contributed by atoms with van der Waals surface area (Å²) in [6.45, 7) is -0.609. The number of hydrogen-bond donors (Lipinski definition) is 1. The number of para-hydroxylation sites is 1. The molecule has 4 rings (SSSR count). The van der Waals surface area contributed by atoms with E-state index >= 15 is 0 Å². The second kappa shape index (κ2) is 10.5. The number of carboxylic acids is 1. The number of carbonyl (C=O) groups is 2. The lowest BCUT2D eigenvalue weighted by Gasteiger charge is -2.30. The Labute approximate surface area is 199 Å². The molecule has 1 aliphatic heterocycles. The van der Waals surface area contributed by atoms with Crippen LogP contribution in [0, 0.1) is 5.82 Å². The molecule has 182 valence electrons. The molecule has 1 N–H and O–H groups in total. The first-order valence-corrected chi connectivity index (χ1v) is 10.9. The van der Waals surface area contributed by atoms with Crippen LogP contribution in [-0.4, -0.2) is 41.6 Å². The minimum Gasteiger partial charge on any atom is -0.487 e. The first kappa shape index (κ1) is 24.1. The van der Waals surface area contributed by atoms with Gasteiger partial charge in [0.15, 0.2) is 0 Å². The predicted octanol–water partition coefficient (Wildman–Crippen LogP) is 5.32. The molecular formula is C26H22F3NO5. The van der Waals surface area contributed by atoms with E-state index < -0.39 is 30.9 Å². The molecular weight excluding hydrogens is 463 g/mol. The zero-order valence-corrected chi connectivity index (χ0v) is 18.5. The van der Waals surface area contributed by atoms with Gasteiger partial charge < -0.3 is 19.5 Å². The third-order valence-corrected chi connectivity index (χ3v) is 5.62. The number of benzene rings is 3. The van der Waals surface area contributed by atoms with E-state index in [1.54, 1.807) is 30.3 Å². The molecule has 1 amide bonds. The van der Waals surface area contributed by atoms with E-state index in [1.165, 1.54) is 35.2 Å². The average molecular weight is 485 g/mol. The second-order valence-corrected chi connectivity index (χ2v) is 8.01. The summed E-state index contributed by atoms with van der Waals surface area (Å²) in [6.07, 6.45) is -3.39. The van der Waals surface area contributed by atoms with Crippen LogP contribution in [0.4, 0.5) is 18.0 Å². The highest BCUT2D eigenvalue weighted by molar-refractivity contribution is 5.79. The Morgan fingerprint density at radius 2 is 1.77 bits per heavy atom. The fourth-order valence-electron chi connectivity index (χ4n) is 4.04. The Hall–Kier alpha value is -4.01. The Balaban J connectivity index is 1.71. The fraction of sp³-hybridized carbons (Fsp3) is 0.231. The van der Waals surface area contributed by atoms with Crippen molar-refractivity contribution in [2.45, 2.75) is 25.8 Å². The lowest BCUT2D eigenvalue weighted by atomic mass is 9.89. The van der Waals surface area contributed by atoms with E-state index in [1.807, 2.05) is 0 Å². The Kier molecular flexibility index (Phi) is 7.24. The largest absolute Gasteiger partial charge is 0.487 e. The molecule has 3 aromatic rings. The van der Waals surface area contributed by atoms with Gasteiger partial charge in [-0.1, -0.05) is 30.3 Å². The summed E-state index contributed by atoms with van der Waals surface area (Å²) in [5, 5.41) is 9.18. The van der Waals surface area contributed by atoms with E-state index in [0.717, 1.165) is 0 Å². The summed E-state index contributed by atoms with van der Waals surface area (Å²) in [5.41, 5.74) is 2.12. The third kappa shape index (κ3) is 5.74. The molecule has 9 heteroatoms. The smallest absolute Gasteiger partial charge is 0.415 e.